The van der Waals surface area contributed by atoms with E-state index in [0.29, 0.717) is 22.6 Å². The first-order valence-electron chi connectivity index (χ1n) is 6.67. The zero-order valence-corrected chi connectivity index (χ0v) is 12.3. The van der Waals surface area contributed by atoms with Gasteiger partial charge < -0.3 is 10.1 Å². The molecular formula is C16H13N3O4. The Morgan fingerprint density at radius 1 is 1.30 bits per heavy atom. The molecule has 23 heavy (non-hydrogen) atoms. The van der Waals surface area contributed by atoms with Gasteiger partial charge >= 0.3 is 0 Å². The van der Waals surface area contributed by atoms with E-state index in [-0.39, 0.29) is 18.2 Å². The summed E-state index contributed by atoms with van der Waals surface area (Å²) < 4.78 is 5.12. The van der Waals surface area contributed by atoms with E-state index in [4.69, 9.17) is 10.00 Å². The largest absolute Gasteiger partial charge is 0.479 e. The minimum absolute atomic E-state index is 0.0479. The highest BCUT2D eigenvalue weighted by molar-refractivity contribution is 6.05. The molecule has 0 radical (unpaired) electrons. The van der Waals surface area contributed by atoms with Gasteiger partial charge in [0.05, 0.1) is 4.92 Å². The van der Waals surface area contributed by atoms with E-state index in [0.717, 1.165) is 0 Å². The maximum Gasteiger partial charge on any atom is 0.269 e. The zero-order valence-electron chi connectivity index (χ0n) is 12.3. The number of hydrogen-bond acceptors (Lipinski definition) is 5. The number of hydrogen-bond donors (Lipinski definition) is 1. The second-order valence-electron chi connectivity index (χ2n) is 4.68. The first-order chi connectivity index (χ1) is 11.0. The molecule has 2 aromatic rings. The molecule has 0 bridgehead atoms. The molecule has 0 aliphatic rings. The number of benzene rings is 2. The van der Waals surface area contributed by atoms with Crippen molar-refractivity contribution in [3.8, 4) is 11.8 Å². The average molecular weight is 311 g/mol. The highest BCUT2D eigenvalue weighted by Gasteiger charge is 2.13. The van der Waals surface area contributed by atoms with Gasteiger partial charge in [-0.25, -0.2) is 0 Å². The van der Waals surface area contributed by atoms with Crippen LogP contribution in [0.1, 0.15) is 15.9 Å². The second-order valence-corrected chi connectivity index (χ2v) is 4.68. The monoisotopic (exact) mass is 311 g/mol. The van der Waals surface area contributed by atoms with Crippen LogP contribution < -0.4 is 10.1 Å². The third-order valence-corrected chi connectivity index (χ3v) is 3.08. The number of nitriles is 1. The maximum absolute atomic E-state index is 12.2. The van der Waals surface area contributed by atoms with E-state index >= 15 is 0 Å². The minimum atomic E-state index is -0.505. The van der Waals surface area contributed by atoms with Gasteiger partial charge in [0.15, 0.2) is 6.61 Å². The Bertz CT molecular complexity index is 779. The molecule has 0 aliphatic heterocycles. The molecule has 7 heteroatoms. The van der Waals surface area contributed by atoms with Crippen LogP contribution in [0.3, 0.4) is 0 Å². The number of nitrogens with one attached hydrogen (secondary N) is 1. The molecule has 0 saturated heterocycles. The lowest BCUT2D eigenvalue weighted by Crippen LogP contribution is -2.13. The number of ether oxygens (including phenoxy) is 1. The smallest absolute Gasteiger partial charge is 0.269 e. The van der Waals surface area contributed by atoms with Crippen molar-refractivity contribution in [1.29, 1.82) is 5.26 Å². The molecule has 0 saturated carbocycles. The highest BCUT2D eigenvalue weighted by atomic mass is 16.6. The molecule has 0 unspecified atom stereocenters. The summed E-state index contributed by atoms with van der Waals surface area (Å²) in [5, 5.41) is 21.8. The SMILES string of the molecule is Cc1cc([N+](=O)[O-])ccc1C(=O)Nc1ccc(OCC#N)cc1. The van der Waals surface area contributed by atoms with Crippen molar-refractivity contribution in [2.75, 3.05) is 11.9 Å². The van der Waals surface area contributed by atoms with Crippen molar-refractivity contribution in [1.82, 2.24) is 0 Å². The van der Waals surface area contributed by atoms with Crippen LogP contribution in [0.4, 0.5) is 11.4 Å². The number of nitro groups is 1. The zero-order chi connectivity index (χ0) is 16.8. The number of amides is 1. The lowest BCUT2D eigenvalue weighted by Gasteiger charge is -2.08. The van der Waals surface area contributed by atoms with Crippen LogP contribution in [0.25, 0.3) is 0 Å². The van der Waals surface area contributed by atoms with Crippen LogP contribution in [-0.4, -0.2) is 17.4 Å². The number of carbonyl (C=O) groups excluding carboxylic acids is 1. The van der Waals surface area contributed by atoms with Crippen molar-refractivity contribution in [2.24, 2.45) is 0 Å². The van der Waals surface area contributed by atoms with E-state index in [1.54, 1.807) is 31.2 Å². The van der Waals surface area contributed by atoms with Crippen molar-refractivity contribution >= 4 is 17.3 Å². The molecule has 1 N–H and O–H groups in total. The van der Waals surface area contributed by atoms with Gasteiger partial charge in [-0.3, -0.25) is 14.9 Å². The van der Waals surface area contributed by atoms with Crippen LogP contribution in [0.5, 0.6) is 5.75 Å². The first-order valence-corrected chi connectivity index (χ1v) is 6.67. The van der Waals surface area contributed by atoms with Gasteiger partial charge in [-0.15, -0.1) is 0 Å². The number of anilines is 1. The van der Waals surface area contributed by atoms with E-state index in [9.17, 15) is 14.9 Å². The molecule has 0 aromatic heterocycles. The predicted molar refractivity (Wildman–Crippen MR) is 83.3 cm³/mol. The predicted octanol–water partition coefficient (Wildman–Crippen LogP) is 3.06. The van der Waals surface area contributed by atoms with Gasteiger partial charge in [-0.1, -0.05) is 0 Å². The lowest BCUT2D eigenvalue weighted by molar-refractivity contribution is -0.384. The van der Waals surface area contributed by atoms with E-state index in [1.165, 1.54) is 18.2 Å². The Morgan fingerprint density at radius 2 is 2.00 bits per heavy atom. The summed E-state index contributed by atoms with van der Waals surface area (Å²) in [7, 11) is 0. The summed E-state index contributed by atoms with van der Waals surface area (Å²) in [4.78, 5) is 22.4. The van der Waals surface area contributed by atoms with Crippen LogP contribution in [-0.2, 0) is 0 Å². The van der Waals surface area contributed by atoms with Gasteiger partial charge in [0, 0.05) is 23.4 Å². The summed E-state index contributed by atoms with van der Waals surface area (Å²) >= 11 is 0. The molecule has 1 amide bonds. The number of nitrogens with zero attached hydrogens (tertiary/aromatic N) is 2. The maximum atomic E-state index is 12.2. The van der Waals surface area contributed by atoms with Crippen LogP contribution in [0.15, 0.2) is 42.5 Å². The molecule has 0 atom stereocenters. The molecular weight excluding hydrogens is 298 g/mol. The first kappa shape index (κ1) is 16.0. The second kappa shape index (κ2) is 7.04. The van der Waals surface area contributed by atoms with Crippen molar-refractivity contribution < 1.29 is 14.5 Å². The molecule has 7 nitrogen and oxygen atoms in total. The number of aryl methyl sites for hydroxylation is 1. The summed E-state index contributed by atoms with van der Waals surface area (Å²) in [5.41, 5.74) is 1.38. The highest BCUT2D eigenvalue weighted by Crippen LogP contribution is 2.20. The van der Waals surface area contributed by atoms with Gasteiger partial charge in [0.2, 0.25) is 0 Å². The van der Waals surface area contributed by atoms with Gasteiger partial charge in [-0.2, -0.15) is 5.26 Å². The third-order valence-electron chi connectivity index (χ3n) is 3.08. The van der Waals surface area contributed by atoms with Gasteiger partial charge in [0.25, 0.3) is 11.6 Å². The van der Waals surface area contributed by atoms with Crippen molar-refractivity contribution in [3.05, 3.63) is 63.7 Å². The molecule has 0 heterocycles. The Labute approximate surface area is 132 Å². The lowest BCUT2D eigenvalue weighted by atomic mass is 10.1. The van der Waals surface area contributed by atoms with Crippen molar-refractivity contribution in [3.63, 3.8) is 0 Å². The van der Waals surface area contributed by atoms with Crippen LogP contribution in [0, 0.1) is 28.4 Å². The molecule has 0 aliphatic carbocycles. The topological polar surface area (TPSA) is 105 Å². The van der Waals surface area contributed by atoms with E-state index < -0.39 is 4.92 Å². The van der Waals surface area contributed by atoms with Crippen LogP contribution in [0.2, 0.25) is 0 Å². The number of carbonyl (C=O) groups is 1. The average Bonchev–Trinajstić information content (AvgIpc) is 2.53. The summed E-state index contributed by atoms with van der Waals surface area (Å²) in [6.07, 6.45) is 0. The summed E-state index contributed by atoms with van der Waals surface area (Å²) in [6, 6.07) is 12.5. The number of non-ortho nitro benzene ring substituents is 1. The Morgan fingerprint density at radius 3 is 2.57 bits per heavy atom. The molecule has 116 valence electrons. The normalized spacial score (nSPS) is 9.74. The number of rotatable bonds is 5. The van der Waals surface area contributed by atoms with E-state index in [2.05, 4.69) is 5.32 Å². The van der Waals surface area contributed by atoms with Gasteiger partial charge in [-0.05, 0) is 42.8 Å². The molecule has 2 rings (SSSR count). The standard InChI is InChI=1S/C16H13N3O4/c1-11-10-13(19(21)22)4-7-15(11)16(20)18-12-2-5-14(6-3-12)23-9-8-17/h2-7,10H,9H2,1H3,(H,18,20). The fourth-order valence-corrected chi connectivity index (χ4v) is 1.96. The van der Waals surface area contributed by atoms with Crippen LogP contribution >= 0.6 is 0 Å². The Hall–Kier alpha value is -3.40. The Balaban J connectivity index is 2.10. The fourth-order valence-electron chi connectivity index (χ4n) is 1.96. The minimum Gasteiger partial charge on any atom is -0.479 e. The quantitative estimate of drug-likeness (QED) is 0.674. The van der Waals surface area contributed by atoms with Gasteiger partial charge in [0.1, 0.15) is 11.8 Å². The molecule has 0 spiro atoms. The molecule has 0 fully saturated rings. The fraction of sp³-hybridized carbons (Fsp3) is 0.125. The summed E-state index contributed by atoms with van der Waals surface area (Å²) in [5.74, 6) is 0.166. The molecule has 2 aromatic carbocycles. The number of nitro benzene ring substituents is 1. The summed E-state index contributed by atoms with van der Waals surface area (Å²) in [6.45, 7) is 1.59. The third kappa shape index (κ3) is 4.04. The Kier molecular flexibility index (Phi) is 4.89. The van der Waals surface area contributed by atoms with E-state index in [1.807, 2.05) is 6.07 Å². The van der Waals surface area contributed by atoms with Crippen molar-refractivity contribution in [2.45, 2.75) is 6.92 Å².